The van der Waals surface area contributed by atoms with Crippen LogP contribution in [0.15, 0.2) is 23.1 Å². The Hall–Kier alpha value is -1.58. The number of piperazine rings is 1. The normalized spacial score (nSPS) is 33.5. The zero-order valence-corrected chi connectivity index (χ0v) is 18.3. The number of carbonyl (C=O) groups is 1. The van der Waals surface area contributed by atoms with Crippen LogP contribution in [0.4, 0.5) is 8.78 Å². The largest absolute Gasteiger partial charge is 0.350 e. The van der Waals surface area contributed by atoms with Gasteiger partial charge in [-0.15, -0.1) is 0 Å². The predicted molar refractivity (Wildman–Crippen MR) is 111 cm³/mol. The van der Waals surface area contributed by atoms with Gasteiger partial charge in [-0.05, 0) is 74.5 Å². The lowest BCUT2D eigenvalue weighted by Gasteiger charge is -2.57. The summed E-state index contributed by atoms with van der Waals surface area (Å²) in [6, 6.07) is 2.44. The molecule has 4 aliphatic carbocycles. The molecule has 170 valence electrons. The molecule has 6 nitrogen and oxygen atoms in total. The van der Waals surface area contributed by atoms with Gasteiger partial charge in [0.1, 0.15) is 16.5 Å². The van der Waals surface area contributed by atoms with Crippen LogP contribution in [0.5, 0.6) is 0 Å². The zero-order chi connectivity index (χ0) is 21.8. The second-order valence-corrected chi connectivity index (χ2v) is 11.9. The number of carbonyl (C=O) groups excluding carboxylic acids is 1. The van der Waals surface area contributed by atoms with E-state index in [0.29, 0.717) is 13.1 Å². The van der Waals surface area contributed by atoms with Crippen molar-refractivity contribution in [1.29, 1.82) is 0 Å². The first kappa shape index (κ1) is 21.3. The lowest BCUT2D eigenvalue weighted by atomic mass is 9.53. The van der Waals surface area contributed by atoms with Crippen molar-refractivity contribution in [3.8, 4) is 0 Å². The van der Waals surface area contributed by atoms with Gasteiger partial charge in [-0.1, -0.05) is 0 Å². The van der Waals surface area contributed by atoms with E-state index in [4.69, 9.17) is 0 Å². The molecule has 0 radical (unpaired) electrons. The molecule has 1 N–H and O–H groups in total. The van der Waals surface area contributed by atoms with Gasteiger partial charge in [0.2, 0.25) is 15.9 Å². The molecule has 31 heavy (non-hydrogen) atoms. The minimum absolute atomic E-state index is 0.00873. The Morgan fingerprint density at radius 3 is 2.16 bits per heavy atom. The van der Waals surface area contributed by atoms with Crippen molar-refractivity contribution in [3.05, 3.63) is 29.8 Å². The molecule has 0 atom stereocenters. The van der Waals surface area contributed by atoms with Gasteiger partial charge < -0.3 is 5.32 Å². The molecule has 9 heteroatoms. The average Bonchev–Trinajstić information content (AvgIpc) is 2.68. The third-order valence-corrected chi connectivity index (χ3v) is 9.57. The maximum Gasteiger partial charge on any atom is 0.246 e. The number of halogens is 2. The van der Waals surface area contributed by atoms with E-state index in [1.165, 1.54) is 23.6 Å². The highest BCUT2D eigenvalue weighted by Crippen LogP contribution is 2.55. The molecule has 4 saturated carbocycles. The summed E-state index contributed by atoms with van der Waals surface area (Å²) in [7, 11) is -4.11. The first-order chi connectivity index (χ1) is 14.7. The standard InChI is InChI=1S/C22H29F2N3O3S/c23-18-1-2-19(24)20(10-18)31(29,30)27-5-3-26(4-6-27)14-21(28)25-22-11-15-7-16(12-22)9-17(8-15)13-22/h1-2,10,15-17H,3-9,11-14H2,(H,25,28). The van der Waals surface area contributed by atoms with E-state index < -0.39 is 26.6 Å². The van der Waals surface area contributed by atoms with Gasteiger partial charge in [-0.3, -0.25) is 9.69 Å². The van der Waals surface area contributed by atoms with Gasteiger partial charge >= 0.3 is 0 Å². The van der Waals surface area contributed by atoms with E-state index in [2.05, 4.69) is 5.32 Å². The topological polar surface area (TPSA) is 69.7 Å². The summed E-state index contributed by atoms with van der Waals surface area (Å²) in [6.07, 6.45) is 7.23. The van der Waals surface area contributed by atoms with E-state index in [1.54, 1.807) is 0 Å². The Morgan fingerprint density at radius 1 is 1.00 bits per heavy atom. The fourth-order valence-corrected chi connectivity index (χ4v) is 8.24. The van der Waals surface area contributed by atoms with Crippen molar-refractivity contribution in [1.82, 2.24) is 14.5 Å². The van der Waals surface area contributed by atoms with Crippen molar-refractivity contribution in [2.24, 2.45) is 17.8 Å². The van der Waals surface area contributed by atoms with Crippen molar-refractivity contribution in [3.63, 3.8) is 0 Å². The van der Waals surface area contributed by atoms with Crippen LogP contribution in [0.1, 0.15) is 38.5 Å². The number of benzene rings is 1. The van der Waals surface area contributed by atoms with E-state index in [0.717, 1.165) is 55.2 Å². The highest BCUT2D eigenvalue weighted by molar-refractivity contribution is 7.89. The van der Waals surface area contributed by atoms with Gasteiger partial charge in [0.05, 0.1) is 6.54 Å². The number of rotatable bonds is 5. The Balaban J connectivity index is 1.17. The molecule has 1 aromatic carbocycles. The van der Waals surface area contributed by atoms with Crippen LogP contribution < -0.4 is 5.32 Å². The van der Waals surface area contributed by atoms with Crippen LogP contribution in [0.2, 0.25) is 0 Å². The minimum Gasteiger partial charge on any atom is -0.350 e. The maximum absolute atomic E-state index is 14.0. The fraction of sp³-hybridized carbons (Fsp3) is 0.682. The first-order valence-corrected chi connectivity index (χ1v) is 12.6. The van der Waals surface area contributed by atoms with Crippen LogP contribution in [0, 0.1) is 29.4 Å². The first-order valence-electron chi connectivity index (χ1n) is 11.2. The molecule has 1 saturated heterocycles. The van der Waals surface area contributed by atoms with E-state index in [-0.39, 0.29) is 31.1 Å². The molecule has 5 fully saturated rings. The Kier molecular flexibility index (Phi) is 5.34. The number of amides is 1. The van der Waals surface area contributed by atoms with Gasteiger partial charge in [0.25, 0.3) is 0 Å². The Labute approximate surface area is 182 Å². The summed E-state index contributed by atoms with van der Waals surface area (Å²) in [5, 5.41) is 3.35. The summed E-state index contributed by atoms with van der Waals surface area (Å²) < 4.78 is 54.1. The maximum atomic E-state index is 14.0. The lowest BCUT2D eigenvalue weighted by molar-refractivity contribution is -0.128. The molecular weight excluding hydrogens is 424 g/mol. The molecular formula is C22H29F2N3O3S. The van der Waals surface area contributed by atoms with Crippen LogP contribution in [-0.2, 0) is 14.8 Å². The molecule has 1 heterocycles. The van der Waals surface area contributed by atoms with E-state index >= 15 is 0 Å². The van der Waals surface area contributed by atoms with E-state index in [9.17, 15) is 22.0 Å². The average molecular weight is 454 g/mol. The summed E-state index contributed by atoms with van der Waals surface area (Å²) in [5.74, 6) is 0.517. The summed E-state index contributed by atoms with van der Waals surface area (Å²) in [6.45, 7) is 1.28. The Morgan fingerprint density at radius 2 is 1.58 bits per heavy atom. The highest BCUT2D eigenvalue weighted by Gasteiger charge is 2.51. The third kappa shape index (κ3) is 4.12. The number of nitrogens with one attached hydrogen (secondary N) is 1. The monoisotopic (exact) mass is 453 g/mol. The number of hydrogen-bond acceptors (Lipinski definition) is 4. The van der Waals surface area contributed by atoms with Gasteiger partial charge in [0, 0.05) is 31.7 Å². The third-order valence-electron chi connectivity index (χ3n) is 7.65. The number of sulfonamides is 1. The Bertz CT molecular complexity index is 941. The van der Waals surface area contributed by atoms with Crippen LogP contribution >= 0.6 is 0 Å². The zero-order valence-electron chi connectivity index (χ0n) is 17.5. The van der Waals surface area contributed by atoms with E-state index in [1.807, 2.05) is 4.90 Å². The molecule has 4 bridgehead atoms. The second kappa shape index (κ2) is 7.78. The van der Waals surface area contributed by atoms with Gasteiger partial charge in [-0.25, -0.2) is 17.2 Å². The summed E-state index contributed by atoms with van der Waals surface area (Å²) in [5.41, 5.74) is -0.0358. The SMILES string of the molecule is O=C(CN1CCN(S(=O)(=O)c2cc(F)ccc2F)CC1)NC12CC3CC(CC(C3)C1)C2. The van der Waals surface area contributed by atoms with Gasteiger partial charge in [0.15, 0.2) is 0 Å². The molecule has 5 aliphatic rings. The molecule has 1 aromatic rings. The van der Waals surface area contributed by atoms with Crippen molar-refractivity contribution in [2.45, 2.75) is 49.0 Å². The highest BCUT2D eigenvalue weighted by atomic mass is 32.2. The lowest BCUT2D eigenvalue weighted by Crippen LogP contribution is -2.61. The predicted octanol–water partition coefficient (Wildman–Crippen LogP) is 2.36. The molecule has 0 unspecified atom stereocenters. The molecule has 0 spiro atoms. The number of hydrogen-bond donors (Lipinski definition) is 1. The minimum atomic E-state index is -4.11. The summed E-state index contributed by atoms with van der Waals surface area (Å²) in [4.78, 5) is 14.1. The molecule has 1 aliphatic heterocycles. The quantitative estimate of drug-likeness (QED) is 0.743. The van der Waals surface area contributed by atoms with Crippen molar-refractivity contribution >= 4 is 15.9 Å². The number of nitrogens with zero attached hydrogens (tertiary/aromatic N) is 2. The molecule has 0 aromatic heterocycles. The molecule has 6 rings (SSSR count). The van der Waals surface area contributed by atoms with Crippen LogP contribution in [-0.4, -0.2) is 61.8 Å². The smallest absolute Gasteiger partial charge is 0.246 e. The second-order valence-electron chi connectivity index (χ2n) is 10.0. The van der Waals surface area contributed by atoms with Crippen LogP contribution in [0.3, 0.4) is 0 Å². The molecule has 1 amide bonds. The van der Waals surface area contributed by atoms with Crippen molar-refractivity contribution in [2.75, 3.05) is 32.7 Å². The fourth-order valence-electron chi connectivity index (χ4n) is 6.74. The van der Waals surface area contributed by atoms with Crippen LogP contribution in [0.25, 0.3) is 0 Å². The summed E-state index contributed by atoms with van der Waals surface area (Å²) >= 11 is 0. The van der Waals surface area contributed by atoms with Crippen molar-refractivity contribution < 1.29 is 22.0 Å². The van der Waals surface area contributed by atoms with Gasteiger partial charge in [-0.2, -0.15) is 4.31 Å².